The van der Waals surface area contributed by atoms with Gasteiger partial charge in [-0.3, -0.25) is 4.79 Å². The molecular formula is C26H44O4. The van der Waals surface area contributed by atoms with Crippen LogP contribution in [-0.2, 0) is 4.79 Å². The molecular weight excluding hydrogens is 376 g/mol. The van der Waals surface area contributed by atoms with Crippen LogP contribution in [0.15, 0.2) is 0 Å². The Morgan fingerprint density at radius 3 is 2.27 bits per heavy atom. The Morgan fingerprint density at radius 2 is 1.60 bits per heavy atom. The maximum absolute atomic E-state index is 11.8. The molecule has 4 rings (SSSR count). The molecule has 30 heavy (non-hydrogen) atoms. The monoisotopic (exact) mass is 420 g/mol. The molecule has 4 nitrogen and oxygen atoms in total. The van der Waals surface area contributed by atoms with E-state index in [0.29, 0.717) is 35.5 Å². The summed E-state index contributed by atoms with van der Waals surface area (Å²) in [7, 11) is 0. The molecule has 0 aromatic carbocycles. The van der Waals surface area contributed by atoms with E-state index in [0.717, 1.165) is 32.1 Å². The summed E-state index contributed by atoms with van der Waals surface area (Å²) in [5.74, 6) is 2.10. The molecule has 0 bridgehead atoms. The number of rotatable bonds is 4. The van der Waals surface area contributed by atoms with Crippen LogP contribution in [0.4, 0.5) is 0 Å². The molecule has 4 heteroatoms. The van der Waals surface area contributed by atoms with Gasteiger partial charge in [0.05, 0.1) is 11.2 Å². The second kappa shape index (κ2) is 7.20. The lowest BCUT2D eigenvalue weighted by molar-refractivity contribution is -0.220. The van der Waals surface area contributed by atoms with E-state index >= 15 is 0 Å². The first-order valence-corrected chi connectivity index (χ1v) is 12.5. The summed E-state index contributed by atoms with van der Waals surface area (Å²) < 4.78 is 0. The minimum absolute atomic E-state index is 0.215. The molecule has 0 aliphatic heterocycles. The third-order valence-corrected chi connectivity index (χ3v) is 10.9. The molecule has 0 heterocycles. The Balaban J connectivity index is 1.61. The largest absolute Gasteiger partial charge is 0.481 e. The van der Waals surface area contributed by atoms with Crippen LogP contribution in [0.2, 0.25) is 0 Å². The Hall–Kier alpha value is -0.610. The van der Waals surface area contributed by atoms with Crippen molar-refractivity contribution >= 4 is 5.97 Å². The highest BCUT2D eigenvalue weighted by atomic mass is 16.4. The Bertz CT molecular complexity index is 685. The highest BCUT2D eigenvalue weighted by Gasteiger charge is 2.66. The Morgan fingerprint density at radius 1 is 0.933 bits per heavy atom. The topological polar surface area (TPSA) is 77.8 Å². The molecule has 0 amide bonds. The van der Waals surface area contributed by atoms with Gasteiger partial charge in [0.1, 0.15) is 0 Å². The van der Waals surface area contributed by atoms with Crippen molar-refractivity contribution in [2.45, 2.75) is 110 Å². The van der Waals surface area contributed by atoms with E-state index in [2.05, 4.69) is 27.7 Å². The van der Waals surface area contributed by atoms with Crippen LogP contribution < -0.4 is 0 Å². The summed E-state index contributed by atoms with van der Waals surface area (Å²) in [5.41, 5.74) is -0.821. The van der Waals surface area contributed by atoms with Gasteiger partial charge in [-0.15, -0.1) is 0 Å². The van der Waals surface area contributed by atoms with Gasteiger partial charge in [-0.1, -0.05) is 20.8 Å². The zero-order chi connectivity index (χ0) is 22.1. The molecule has 3 N–H and O–H groups in total. The first-order chi connectivity index (χ1) is 13.8. The SMILES string of the molecule is C[C@H](CCC(=O)O)[C@H]1CC[C@H]2[C@H]3[C@H](CC[C@]12C)[C@@]1(C)CCC(C)(O)C[C@H]1CC3(C)O. The molecule has 0 saturated heterocycles. The first-order valence-electron chi connectivity index (χ1n) is 12.5. The van der Waals surface area contributed by atoms with Gasteiger partial charge in [0, 0.05) is 6.42 Å². The van der Waals surface area contributed by atoms with E-state index in [4.69, 9.17) is 5.11 Å². The number of aliphatic hydroxyl groups is 2. The van der Waals surface area contributed by atoms with Gasteiger partial charge in [-0.05, 0) is 118 Å². The summed E-state index contributed by atoms with van der Waals surface area (Å²) in [6.45, 7) is 11.2. The van der Waals surface area contributed by atoms with Gasteiger partial charge in [-0.2, -0.15) is 0 Å². The Labute approximate surface area is 182 Å². The van der Waals surface area contributed by atoms with Crippen molar-refractivity contribution in [2.24, 2.45) is 46.3 Å². The summed E-state index contributed by atoms with van der Waals surface area (Å²) in [5, 5.41) is 31.7. The zero-order valence-electron chi connectivity index (χ0n) is 19.8. The van der Waals surface area contributed by atoms with E-state index in [-0.39, 0.29) is 17.3 Å². The van der Waals surface area contributed by atoms with Crippen LogP contribution in [-0.4, -0.2) is 32.5 Å². The molecule has 4 aliphatic carbocycles. The van der Waals surface area contributed by atoms with E-state index in [1.54, 1.807) is 0 Å². The fourth-order valence-electron chi connectivity index (χ4n) is 9.31. The van der Waals surface area contributed by atoms with E-state index in [1.165, 1.54) is 25.7 Å². The Kier molecular flexibility index (Phi) is 5.42. The first kappa shape index (κ1) is 22.6. The van der Waals surface area contributed by atoms with Crippen LogP contribution in [0.1, 0.15) is 98.8 Å². The smallest absolute Gasteiger partial charge is 0.303 e. The molecule has 0 spiro atoms. The van der Waals surface area contributed by atoms with Gasteiger partial charge < -0.3 is 15.3 Å². The highest BCUT2D eigenvalue weighted by molar-refractivity contribution is 5.66. The van der Waals surface area contributed by atoms with Gasteiger partial charge in [0.25, 0.3) is 0 Å². The molecule has 0 aromatic rings. The van der Waals surface area contributed by atoms with E-state index < -0.39 is 17.2 Å². The quantitative estimate of drug-likeness (QED) is 0.580. The van der Waals surface area contributed by atoms with Crippen molar-refractivity contribution in [3.05, 3.63) is 0 Å². The molecule has 4 aliphatic rings. The van der Waals surface area contributed by atoms with Gasteiger partial charge in [0.2, 0.25) is 0 Å². The number of hydrogen-bond acceptors (Lipinski definition) is 3. The molecule has 10 atom stereocenters. The van der Waals surface area contributed by atoms with Crippen molar-refractivity contribution in [1.82, 2.24) is 0 Å². The summed E-state index contributed by atoms with van der Waals surface area (Å²) in [6, 6.07) is 0. The van der Waals surface area contributed by atoms with Crippen LogP contribution in [0.3, 0.4) is 0 Å². The van der Waals surface area contributed by atoms with E-state index in [9.17, 15) is 15.0 Å². The minimum atomic E-state index is -0.687. The average Bonchev–Trinajstić information content (AvgIpc) is 2.98. The molecule has 172 valence electrons. The molecule has 0 aromatic heterocycles. The van der Waals surface area contributed by atoms with E-state index in [1.807, 2.05) is 6.92 Å². The predicted octanol–water partition coefficient (Wildman–Crippen LogP) is 5.26. The van der Waals surface area contributed by atoms with Crippen LogP contribution in [0, 0.1) is 46.3 Å². The fraction of sp³-hybridized carbons (Fsp3) is 0.962. The highest BCUT2D eigenvalue weighted by Crippen LogP contribution is 2.70. The third-order valence-electron chi connectivity index (χ3n) is 10.9. The summed E-state index contributed by atoms with van der Waals surface area (Å²) >= 11 is 0. The van der Waals surface area contributed by atoms with Gasteiger partial charge >= 0.3 is 5.97 Å². The zero-order valence-corrected chi connectivity index (χ0v) is 19.8. The van der Waals surface area contributed by atoms with Gasteiger partial charge in [-0.25, -0.2) is 0 Å². The minimum Gasteiger partial charge on any atom is -0.481 e. The lowest BCUT2D eigenvalue weighted by atomic mass is 9.40. The lowest BCUT2D eigenvalue weighted by Crippen LogP contribution is -2.63. The van der Waals surface area contributed by atoms with Crippen LogP contribution in [0.5, 0.6) is 0 Å². The molecule has 4 fully saturated rings. The summed E-state index contributed by atoms with van der Waals surface area (Å²) in [4.78, 5) is 11.1. The lowest BCUT2D eigenvalue weighted by Gasteiger charge is -2.66. The van der Waals surface area contributed by atoms with Crippen molar-refractivity contribution in [3.8, 4) is 0 Å². The maximum Gasteiger partial charge on any atom is 0.303 e. The van der Waals surface area contributed by atoms with Crippen molar-refractivity contribution in [1.29, 1.82) is 0 Å². The molecule has 0 radical (unpaired) electrons. The normalized spacial score (nSPS) is 54.0. The standard InChI is InChI=1S/C26H44O4/c1-16(6-9-21(27)28)18-7-8-19-22-20(10-11-25(18,19)4)24(3)13-12-23(2,29)14-17(24)15-26(22,5)30/h16-20,22,29-30H,6-15H2,1-5H3,(H,27,28)/t16-,17+,18-,19+,20+,22+,23?,24+,25-,26?/m1/s1. The number of carboxylic acid groups (broad SMARTS) is 1. The molecule has 4 saturated carbocycles. The third kappa shape index (κ3) is 3.45. The number of carbonyl (C=O) groups is 1. The predicted molar refractivity (Wildman–Crippen MR) is 118 cm³/mol. The average molecular weight is 421 g/mol. The number of aliphatic carboxylic acids is 1. The second-order valence-electron chi connectivity index (χ2n) is 12.8. The number of hydrogen-bond donors (Lipinski definition) is 3. The second-order valence-corrected chi connectivity index (χ2v) is 12.8. The van der Waals surface area contributed by atoms with Crippen molar-refractivity contribution < 1.29 is 20.1 Å². The van der Waals surface area contributed by atoms with Crippen molar-refractivity contribution in [3.63, 3.8) is 0 Å². The van der Waals surface area contributed by atoms with Crippen LogP contribution >= 0.6 is 0 Å². The van der Waals surface area contributed by atoms with Crippen LogP contribution in [0.25, 0.3) is 0 Å². The fourth-order valence-corrected chi connectivity index (χ4v) is 9.31. The maximum atomic E-state index is 11.8. The van der Waals surface area contributed by atoms with Gasteiger partial charge in [0.15, 0.2) is 0 Å². The summed E-state index contributed by atoms with van der Waals surface area (Å²) in [6.07, 6.45) is 9.34. The number of carboxylic acids is 1. The number of fused-ring (bicyclic) bond motifs is 5. The van der Waals surface area contributed by atoms with Crippen molar-refractivity contribution in [2.75, 3.05) is 0 Å². The molecule has 2 unspecified atom stereocenters.